The molecule has 0 fully saturated rings. The molecule has 32 heavy (non-hydrogen) atoms. The molecule has 8 heteroatoms. The third kappa shape index (κ3) is 4.59. The molecular formula is C24H26N2O6. The lowest BCUT2D eigenvalue weighted by Crippen LogP contribution is -2.51. The van der Waals surface area contributed by atoms with Crippen LogP contribution in [-0.4, -0.2) is 43.6 Å². The highest BCUT2D eigenvalue weighted by molar-refractivity contribution is 6.02. The summed E-state index contributed by atoms with van der Waals surface area (Å²) in [5.41, 5.74) is 1.78. The quantitative estimate of drug-likeness (QED) is 0.666. The molecule has 2 aromatic carbocycles. The van der Waals surface area contributed by atoms with Crippen LogP contribution < -0.4 is 14.8 Å². The number of carbonyl (C=O) groups is 3. The first kappa shape index (κ1) is 22.9. The predicted octanol–water partition coefficient (Wildman–Crippen LogP) is 3.38. The van der Waals surface area contributed by atoms with Crippen LogP contribution in [-0.2, 0) is 20.7 Å². The minimum atomic E-state index is -0.987. The Kier molecular flexibility index (Phi) is 7.14. The first-order valence-corrected chi connectivity index (χ1v) is 10.2. The number of benzene rings is 2. The Balaban J connectivity index is 2.12. The van der Waals surface area contributed by atoms with E-state index in [0.717, 1.165) is 10.5 Å². The highest BCUT2D eigenvalue weighted by Crippen LogP contribution is 2.38. The summed E-state index contributed by atoms with van der Waals surface area (Å²) in [5, 5.41) is 2.63. The average molecular weight is 438 g/mol. The van der Waals surface area contributed by atoms with E-state index < -0.39 is 23.9 Å². The van der Waals surface area contributed by atoms with Gasteiger partial charge in [0.15, 0.2) is 11.5 Å². The van der Waals surface area contributed by atoms with E-state index in [0.29, 0.717) is 22.8 Å². The Bertz CT molecular complexity index is 1050. The van der Waals surface area contributed by atoms with Crippen molar-refractivity contribution in [3.63, 3.8) is 0 Å². The SMILES string of the molecule is CCOC(=O)C1=C(C)NC(=O)N(C(=O)Cc2ccccc2)C1c1ccc(OC)c(OC)c1. The largest absolute Gasteiger partial charge is 0.493 e. The van der Waals surface area contributed by atoms with Crippen molar-refractivity contribution in [2.24, 2.45) is 0 Å². The van der Waals surface area contributed by atoms with Crippen LogP contribution in [0.1, 0.15) is 31.0 Å². The summed E-state index contributed by atoms with van der Waals surface area (Å²) in [7, 11) is 3.00. The second-order valence-corrected chi connectivity index (χ2v) is 7.13. The fourth-order valence-electron chi connectivity index (χ4n) is 3.66. The van der Waals surface area contributed by atoms with Crippen LogP contribution >= 0.6 is 0 Å². The molecule has 0 aromatic heterocycles. The first-order valence-electron chi connectivity index (χ1n) is 10.2. The lowest BCUT2D eigenvalue weighted by atomic mass is 9.92. The van der Waals surface area contributed by atoms with Crippen LogP contribution in [0.15, 0.2) is 59.8 Å². The second kappa shape index (κ2) is 10.00. The van der Waals surface area contributed by atoms with E-state index in [1.165, 1.54) is 14.2 Å². The fourth-order valence-corrected chi connectivity index (χ4v) is 3.66. The molecule has 8 nitrogen and oxygen atoms in total. The zero-order valence-corrected chi connectivity index (χ0v) is 18.5. The zero-order valence-electron chi connectivity index (χ0n) is 18.5. The van der Waals surface area contributed by atoms with Gasteiger partial charge >= 0.3 is 12.0 Å². The lowest BCUT2D eigenvalue weighted by molar-refractivity contribution is -0.140. The monoisotopic (exact) mass is 438 g/mol. The maximum atomic E-state index is 13.3. The summed E-state index contributed by atoms with van der Waals surface area (Å²) in [6, 6.07) is 12.5. The summed E-state index contributed by atoms with van der Waals surface area (Å²) in [6.45, 7) is 3.45. The number of hydrogen-bond acceptors (Lipinski definition) is 6. The molecule has 1 aliphatic heterocycles. The predicted molar refractivity (Wildman–Crippen MR) is 117 cm³/mol. The summed E-state index contributed by atoms with van der Waals surface area (Å²) in [5.74, 6) is -0.172. The van der Waals surface area contributed by atoms with Gasteiger partial charge in [-0.2, -0.15) is 0 Å². The van der Waals surface area contributed by atoms with Crippen LogP contribution in [0.3, 0.4) is 0 Å². The molecule has 0 aliphatic carbocycles. The Labute approximate surface area is 186 Å². The number of imide groups is 1. The van der Waals surface area contributed by atoms with E-state index in [4.69, 9.17) is 14.2 Å². The van der Waals surface area contributed by atoms with E-state index in [1.54, 1.807) is 44.2 Å². The van der Waals surface area contributed by atoms with Gasteiger partial charge in [0.05, 0.1) is 32.8 Å². The summed E-state index contributed by atoms with van der Waals surface area (Å²) >= 11 is 0. The molecule has 168 valence electrons. The van der Waals surface area contributed by atoms with Crippen LogP contribution in [0.5, 0.6) is 11.5 Å². The molecular weight excluding hydrogens is 412 g/mol. The molecule has 0 bridgehead atoms. The van der Waals surface area contributed by atoms with E-state index >= 15 is 0 Å². The topological polar surface area (TPSA) is 94.2 Å². The number of allylic oxidation sites excluding steroid dienone is 1. The molecule has 1 aliphatic rings. The lowest BCUT2D eigenvalue weighted by Gasteiger charge is -2.36. The van der Waals surface area contributed by atoms with Gasteiger partial charge in [-0.25, -0.2) is 9.59 Å². The van der Waals surface area contributed by atoms with Crippen LogP contribution in [0, 0.1) is 0 Å². The van der Waals surface area contributed by atoms with E-state index in [-0.39, 0.29) is 18.6 Å². The number of ether oxygens (including phenoxy) is 3. The van der Waals surface area contributed by atoms with Gasteiger partial charge in [0.2, 0.25) is 5.91 Å². The fraction of sp³-hybridized carbons (Fsp3) is 0.292. The maximum absolute atomic E-state index is 13.3. The molecule has 1 atom stereocenters. The van der Waals surface area contributed by atoms with Crippen molar-refractivity contribution in [2.45, 2.75) is 26.3 Å². The number of rotatable bonds is 7. The standard InChI is InChI=1S/C24H26N2O6/c1-5-32-23(28)21-15(2)25-24(29)26(20(27)13-16-9-7-6-8-10-16)22(21)17-11-12-18(30-3)19(14-17)31-4/h6-12,14,22H,5,13H2,1-4H3,(H,25,29). The maximum Gasteiger partial charge on any atom is 0.338 e. The zero-order chi connectivity index (χ0) is 23.3. The van der Waals surface area contributed by atoms with E-state index in [9.17, 15) is 14.4 Å². The third-order valence-electron chi connectivity index (χ3n) is 5.13. The molecule has 3 rings (SSSR count). The van der Waals surface area contributed by atoms with Gasteiger partial charge in [0.1, 0.15) is 6.04 Å². The second-order valence-electron chi connectivity index (χ2n) is 7.13. The number of esters is 1. The molecule has 1 heterocycles. The van der Waals surface area contributed by atoms with Crippen molar-refractivity contribution in [1.29, 1.82) is 0 Å². The first-order chi connectivity index (χ1) is 15.4. The molecule has 3 amide bonds. The number of nitrogens with one attached hydrogen (secondary N) is 1. The molecule has 2 aromatic rings. The van der Waals surface area contributed by atoms with Crippen molar-refractivity contribution in [3.05, 3.63) is 70.9 Å². The third-order valence-corrected chi connectivity index (χ3v) is 5.13. The Morgan fingerprint density at radius 1 is 1.03 bits per heavy atom. The molecule has 1 unspecified atom stereocenters. The van der Waals surface area contributed by atoms with E-state index in [1.807, 2.05) is 18.2 Å². The van der Waals surface area contributed by atoms with Crippen LogP contribution in [0.25, 0.3) is 0 Å². The van der Waals surface area contributed by atoms with Gasteiger partial charge in [-0.3, -0.25) is 9.69 Å². The van der Waals surface area contributed by atoms with Crippen molar-refractivity contribution >= 4 is 17.9 Å². The van der Waals surface area contributed by atoms with Gasteiger partial charge in [-0.15, -0.1) is 0 Å². The summed E-state index contributed by atoms with van der Waals surface area (Å²) in [4.78, 5) is 40.2. The van der Waals surface area contributed by atoms with Crippen molar-refractivity contribution in [2.75, 3.05) is 20.8 Å². The van der Waals surface area contributed by atoms with Gasteiger partial charge in [0.25, 0.3) is 0 Å². The summed E-state index contributed by atoms with van der Waals surface area (Å²) < 4.78 is 15.9. The minimum absolute atomic E-state index is 0.00674. The number of amides is 3. The molecule has 1 N–H and O–H groups in total. The number of nitrogens with zero attached hydrogens (tertiary/aromatic N) is 1. The Hall–Kier alpha value is -3.81. The van der Waals surface area contributed by atoms with Gasteiger partial charge in [0, 0.05) is 5.70 Å². The van der Waals surface area contributed by atoms with Gasteiger partial charge in [-0.05, 0) is 37.1 Å². The van der Waals surface area contributed by atoms with Crippen molar-refractivity contribution in [1.82, 2.24) is 10.2 Å². The van der Waals surface area contributed by atoms with Crippen molar-refractivity contribution in [3.8, 4) is 11.5 Å². The molecule has 0 saturated heterocycles. The number of methoxy groups -OCH3 is 2. The molecule has 0 spiro atoms. The van der Waals surface area contributed by atoms with Crippen molar-refractivity contribution < 1.29 is 28.6 Å². The van der Waals surface area contributed by atoms with Gasteiger partial charge in [-0.1, -0.05) is 36.4 Å². The Morgan fingerprint density at radius 2 is 1.72 bits per heavy atom. The highest BCUT2D eigenvalue weighted by atomic mass is 16.5. The average Bonchev–Trinajstić information content (AvgIpc) is 2.78. The highest BCUT2D eigenvalue weighted by Gasteiger charge is 2.42. The normalized spacial score (nSPS) is 15.8. The number of urea groups is 1. The smallest absolute Gasteiger partial charge is 0.338 e. The molecule has 0 saturated carbocycles. The number of hydrogen-bond donors (Lipinski definition) is 1. The van der Waals surface area contributed by atoms with E-state index in [2.05, 4.69) is 5.32 Å². The number of carbonyl (C=O) groups excluding carboxylic acids is 3. The summed E-state index contributed by atoms with van der Waals surface area (Å²) in [6.07, 6.45) is -0.00674. The Morgan fingerprint density at radius 3 is 2.34 bits per heavy atom. The van der Waals surface area contributed by atoms with Crippen LogP contribution in [0.4, 0.5) is 4.79 Å². The molecule has 0 radical (unpaired) electrons. The van der Waals surface area contributed by atoms with Crippen LogP contribution in [0.2, 0.25) is 0 Å². The van der Waals surface area contributed by atoms with Gasteiger partial charge < -0.3 is 19.5 Å². The minimum Gasteiger partial charge on any atom is -0.493 e.